The van der Waals surface area contributed by atoms with Gasteiger partial charge < -0.3 is 10.2 Å². The molecule has 0 aromatic carbocycles. The number of hydrogen-bond acceptors (Lipinski definition) is 3. The van der Waals surface area contributed by atoms with Gasteiger partial charge in [0.1, 0.15) is 5.82 Å². The maximum atomic E-state index is 13.3. The SMILES string of the molecule is CC1(C)C(C(=O)Nc2ccc(N3CCC(F)(F)C3)cn2)C1(C)C. The van der Waals surface area contributed by atoms with E-state index in [1.54, 1.807) is 23.2 Å². The molecule has 2 heterocycles. The summed E-state index contributed by atoms with van der Waals surface area (Å²) < 4.78 is 26.5. The average Bonchev–Trinajstić information content (AvgIpc) is 2.69. The third kappa shape index (κ3) is 2.68. The Kier molecular flexibility index (Phi) is 3.43. The Morgan fingerprint density at radius 2 is 1.91 bits per heavy atom. The Morgan fingerprint density at radius 1 is 1.26 bits per heavy atom. The van der Waals surface area contributed by atoms with Crippen LogP contribution in [0.1, 0.15) is 34.1 Å². The average molecular weight is 323 g/mol. The van der Waals surface area contributed by atoms with Gasteiger partial charge in [0.2, 0.25) is 5.91 Å². The summed E-state index contributed by atoms with van der Waals surface area (Å²) in [5, 5.41) is 2.83. The first-order valence-corrected chi connectivity index (χ1v) is 7.94. The molecule has 6 heteroatoms. The predicted octanol–water partition coefficient (Wildman–Crippen LogP) is 3.55. The zero-order chi connectivity index (χ0) is 17.0. The monoisotopic (exact) mass is 323 g/mol. The highest BCUT2D eigenvalue weighted by molar-refractivity contribution is 5.95. The van der Waals surface area contributed by atoms with Crippen LogP contribution in [0.2, 0.25) is 0 Å². The molecule has 1 saturated carbocycles. The number of pyridine rings is 1. The molecule has 2 fully saturated rings. The van der Waals surface area contributed by atoms with Crippen LogP contribution >= 0.6 is 0 Å². The van der Waals surface area contributed by atoms with Gasteiger partial charge in [-0.2, -0.15) is 0 Å². The Hall–Kier alpha value is -1.72. The number of aromatic nitrogens is 1. The lowest BCUT2D eigenvalue weighted by Gasteiger charge is -2.18. The van der Waals surface area contributed by atoms with Gasteiger partial charge in [-0.1, -0.05) is 27.7 Å². The van der Waals surface area contributed by atoms with E-state index in [0.29, 0.717) is 18.1 Å². The normalized spacial score (nSPS) is 24.5. The highest BCUT2D eigenvalue weighted by atomic mass is 19.3. The van der Waals surface area contributed by atoms with Crippen molar-refractivity contribution in [2.75, 3.05) is 23.3 Å². The fourth-order valence-corrected chi connectivity index (χ4v) is 3.65. The summed E-state index contributed by atoms with van der Waals surface area (Å²) in [4.78, 5) is 18.2. The van der Waals surface area contributed by atoms with Gasteiger partial charge in [-0.3, -0.25) is 4.79 Å². The molecule has 1 saturated heterocycles. The van der Waals surface area contributed by atoms with Crippen molar-refractivity contribution in [3.63, 3.8) is 0 Å². The summed E-state index contributed by atoms with van der Waals surface area (Å²) in [6.07, 6.45) is 1.41. The molecule has 1 aromatic heterocycles. The fourth-order valence-electron chi connectivity index (χ4n) is 3.65. The van der Waals surface area contributed by atoms with Gasteiger partial charge in [0, 0.05) is 18.9 Å². The van der Waals surface area contributed by atoms with Gasteiger partial charge in [-0.05, 0) is 23.0 Å². The van der Waals surface area contributed by atoms with E-state index in [1.807, 2.05) is 0 Å². The third-order valence-corrected chi connectivity index (χ3v) is 5.82. The van der Waals surface area contributed by atoms with Crippen molar-refractivity contribution in [2.24, 2.45) is 16.7 Å². The number of carbonyl (C=O) groups excluding carboxylic acids is 1. The summed E-state index contributed by atoms with van der Waals surface area (Å²) in [6.45, 7) is 8.39. The van der Waals surface area contributed by atoms with E-state index in [0.717, 1.165) is 0 Å². The Bertz CT molecular complexity index is 611. The van der Waals surface area contributed by atoms with Crippen molar-refractivity contribution >= 4 is 17.4 Å². The minimum absolute atomic E-state index is 0.0296. The predicted molar refractivity (Wildman–Crippen MR) is 85.7 cm³/mol. The van der Waals surface area contributed by atoms with Crippen molar-refractivity contribution in [2.45, 2.75) is 40.0 Å². The van der Waals surface area contributed by atoms with Crippen LogP contribution in [0.5, 0.6) is 0 Å². The van der Waals surface area contributed by atoms with E-state index in [1.165, 1.54) is 0 Å². The van der Waals surface area contributed by atoms with Gasteiger partial charge in [0.25, 0.3) is 5.92 Å². The zero-order valence-electron chi connectivity index (χ0n) is 14.0. The largest absolute Gasteiger partial charge is 0.364 e. The molecule has 0 unspecified atom stereocenters. The molecule has 0 atom stereocenters. The Morgan fingerprint density at radius 3 is 2.35 bits per heavy atom. The molecule has 1 aliphatic carbocycles. The Labute approximate surface area is 135 Å². The molecule has 0 radical (unpaired) electrons. The molecule has 1 aliphatic heterocycles. The number of carbonyl (C=O) groups is 1. The van der Waals surface area contributed by atoms with Crippen molar-refractivity contribution in [3.8, 4) is 0 Å². The summed E-state index contributed by atoms with van der Waals surface area (Å²) in [6, 6.07) is 3.40. The highest BCUT2D eigenvalue weighted by Crippen LogP contribution is 2.68. The van der Waals surface area contributed by atoms with E-state index in [2.05, 4.69) is 38.0 Å². The summed E-state index contributed by atoms with van der Waals surface area (Å²) in [5.74, 6) is -2.25. The molecular formula is C17H23F2N3O. The zero-order valence-corrected chi connectivity index (χ0v) is 14.0. The van der Waals surface area contributed by atoms with Gasteiger partial charge in [0.05, 0.1) is 18.4 Å². The van der Waals surface area contributed by atoms with Gasteiger partial charge in [-0.25, -0.2) is 13.8 Å². The summed E-state index contributed by atoms with van der Waals surface area (Å²) >= 11 is 0. The van der Waals surface area contributed by atoms with Crippen LogP contribution in [0, 0.1) is 16.7 Å². The van der Waals surface area contributed by atoms with Crippen LogP contribution in [0.25, 0.3) is 0 Å². The number of alkyl halides is 2. The number of rotatable bonds is 3. The number of nitrogens with one attached hydrogen (secondary N) is 1. The van der Waals surface area contributed by atoms with Crippen molar-refractivity contribution < 1.29 is 13.6 Å². The molecule has 126 valence electrons. The lowest BCUT2D eigenvalue weighted by atomic mass is 10.0. The molecule has 23 heavy (non-hydrogen) atoms. The van der Waals surface area contributed by atoms with Crippen molar-refractivity contribution in [1.82, 2.24) is 4.98 Å². The second kappa shape index (κ2) is 4.89. The number of amides is 1. The fraction of sp³-hybridized carbons (Fsp3) is 0.647. The van der Waals surface area contributed by atoms with Crippen molar-refractivity contribution in [3.05, 3.63) is 18.3 Å². The van der Waals surface area contributed by atoms with Crippen LogP contribution in [-0.2, 0) is 4.79 Å². The maximum absolute atomic E-state index is 13.3. The molecule has 1 aromatic rings. The lowest BCUT2D eigenvalue weighted by Crippen LogP contribution is -2.25. The molecule has 1 N–H and O–H groups in total. The first kappa shape index (κ1) is 16.1. The van der Waals surface area contributed by atoms with Gasteiger partial charge in [0.15, 0.2) is 0 Å². The Balaban J connectivity index is 1.64. The number of hydrogen-bond donors (Lipinski definition) is 1. The van der Waals surface area contributed by atoms with E-state index < -0.39 is 5.92 Å². The minimum Gasteiger partial charge on any atom is -0.364 e. The first-order valence-electron chi connectivity index (χ1n) is 7.94. The number of anilines is 2. The highest BCUT2D eigenvalue weighted by Gasteiger charge is 2.68. The lowest BCUT2D eigenvalue weighted by molar-refractivity contribution is -0.118. The number of nitrogens with zero attached hydrogens (tertiary/aromatic N) is 2. The van der Waals surface area contributed by atoms with Crippen LogP contribution < -0.4 is 10.2 Å². The van der Waals surface area contributed by atoms with Crippen LogP contribution in [0.15, 0.2) is 18.3 Å². The maximum Gasteiger partial charge on any atom is 0.266 e. The van der Waals surface area contributed by atoms with E-state index >= 15 is 0 Å². The quantitative estimate of drug-likeness (QED) is 0.925. The molecule has 1 amide bonds. The second-order valence-corrected chi connectivity index (χ2v) is 7.79. The first-order chi connectivity index (χ1) is 10.5. The molecule has 4 nitrogen and oxygen atoms in total. The molecule has 0 spiro atoms. The van der Waals surface area contributed by atoms with E-state index in [-0.39, 0.29) is 35.6 Å². The van der Waals surface area contributed by atoms with Gasteiger partial charge >= 0.3 is 0 Å². The van der Waals surface area contributed by atoms with Crippen LogP contribution in [-0.4, -0.2) is 29.9 Å². The smallest absolute Gasteiger partial charge is 0.266 e. The summed E-state index contributed by atoms with van der Waals surface area (Å²) in [7, 11) is 0. The standard InChI is InChI=1S/C17H23F2N3O/c1-15(2)13(16(15,3)4)14(23)21-12-6-5-11(9-20-12)22-8-7-17(18,19)10-22/h5-6,9,13H,7-8,10H2,1-4H3,(H,20,21,23). The molecule has 0 bridgehead atoms. The molecular weight excluding hydrogens is 300 g/mol. The van der Waals surface area contributed by atoms with Crippen LogP contribution in [0.4, 0.5) is 20.3 Å². The second-order valence-electron chi connectivity index (χ2n) is 7.79. The van der Waals surface area contributed by atoms with Gasteiger partial charge in [-0.15, -0.1) is 0 Å². The van der Waals surface area contributed by atoms with Crippen LogP contribution in [0.3, 0.4) is 0 Å². The van der Waals surface area contributed by atoms with Crippen molar-refractivity contribution in [1.29, 1.82) is 0 Å². The molecule has 2 aliphatic rings. The molecule has 3 rings (SSSR count). The van der Waals surface area contributed by atoms with E-state index in [4.69, 9.17) is 0 Å². The van der Waals surface area contributed by atoms with E-state index in [9.17, 15) is 13.6 Å². The number of halogens is 2. The topological polar surface area (TPSA) is 45.2 Å². The minimum atomic E-state index is -2.63. The summed E-state index contributed by atoms with van der Waals surface area (Å²) in [5.41, 5.74) is 0.600. The third-order valence-electron chi connectivity index (χ3n) is 5.82.